The third-order valence-electron chi connectivity index (χ3n) is 4.03. The van der Waals surface area contributed by atoms with Crippen LogP contribution in [-0.4, -0.2) is 44.9 Å². The number of sulfonamides is 1. The van der Waals surface area contributed by atoms with E-state index in [1.165, 1.54) is 0 Å². The molecule has 0 bridgehead atoms. The summed E-state index contributed by atoms with van der Waals surface area (Å²) in [6.07, 6.45) is 2.64. The second-order valence-corrected chi connectivity index (χ2v) is 7.75. The first-order valence-corrected chi connectivity index (χ1v) is 9.57. The standard InChI is InChI=1S/C16H26N4O2S.HI/c1-2-10-18-16(17)19-13-14-8-11-20(12-9-14)23(21,22)15-6-4-3-5-7-15;/h3-7,14H,2,8-13H2,1H3,(H3,17,18,19);1H. The van der Waals surface area contributed by atoms with Crippen molar-refractivity contribution in [1.29, 1.82) is 0 Å². The molecule has 0 atom stereocenters. The van der Waals surface area contributed by atoms with Crippen LogP contribution in [0.25, 0.3) is 0 Å². The van der Waals surface area contributed by atoms with Crippen molar-refractivity contribution in [3.05, 3.63) is 30.3 Å². The van der Waals surface area contributed by atoms with Crippen LogP contribution in [0.1, 0.15) is 26.2 Å². The van der Waals surface area contributed by atoms with Crippen molar-refractivity contribution in [2.45, 2.75) is 31.1 Å². The molecular weight excluding hydrogens is 439 g/mol. The van der Waals surface area contributed by atoms with Gasteiger partial charge >= 0.3 is 0 Å². The first-order valence-electron chi connectivity index (χ1n) is 8.13. The van der Waals surface area contributed by atoms with Crippen LogP contribution in [0.3, 0.4) is 0 Å². The summed E-state index contributed by atoms with van der Waals surface area (Å²) in [4.78, 5) is 4.71. The smallest absolute Gasteiger partial charge is 0.243 e. The van der Waals surface area contributed by atoms with Crippen LogP contribution >= 0.6 is 24.0 Å². The molecule has 1 aromatic carbocycles. The summed E-state index contributed by atoms with van der Waals surface area (Å²) < 4.78 is 26.7. The lowest BCUT2D eigenvalue weighted by Gasteiger charge is -2.30. The van der Waals surface area contributed by atoms with E-state index >= 15 is 0 Å². The van der Waals surface area contributed by atoms with Gasteiger partial charge in [0.05, 0.1) is 4.90 Å². The van der Waals surface area contributed by atoms with Crippen LogP contribution in [-0.2, 0) is 10.0 Å². The van der Waals surface area contributed by atoms with Crippen LogP contribution in [0.5, 0.6) is 0 Å². The lowest BCUT2D eigenvalue weighted by atomic mass is 9.98. The maximum atomic E-state index is 12.5. The molecule has 0 aromatic heterocycles. The van der Waals surface area contributed by atoms with Crippen molar-refractivity contribution in [3.8, 4) is 0 Å². The molecule has 0 aliphatic carbocycles. The van der Waals surface area contributed by atoms with Gasteiger partial charge < -0.3 is 11.1 Å². The number of benzene rings is 1. The molecule has 0 amide bonds. The quantitative estimate of drug-likeness (QED) is 0.382. The molecule has 1 aromatic rings. The van der Waals surface area contributed by atoms with Crippen molar-refractivity contribution >= 4 is 40.0 Å². The monoisotopic (exact) mass is 466 g/mol. The Morgan fingerprint density at radius 3 is 2.50 bits per heavy atom. The predicted molar refractivity (Wildman–Crippen MR) is 108 cm³/mol. The van der Waals surface area contributed by atoms with Crippen molar-refractivity contribution < 1.29 is 8.42 Å². The molecule has 0 radical (unpaired) electrons. The average Bonchev–Trinajstić information content (AvgIpc) is 2.59. The summed E-state index contributed by atoms with van der Waals surface area (Å²) >= 11 is 0. The van der Waals surface area contributed by atoms with E-state index in [1.807, 2.05) is 6.07 Å². The van der Waals surface area contributed by atoms with E-state index in [4.69, 9.17) is 5.73 Å². The van der Waals surface area contributed by atoms with E-state index in [9.17, 15) is 8.42 Å². The van der Waals surface area contributed by atoms with E-state index in [1.54, 1.807) is 28.6 Å². The first kappa shape index (κ1) is 21.2. The second kappa shape index (κ2) is 10.2. The fourth-order valence-corrected chi connectivity index (χ4v) is 4.10. The molecule has 0 unspecified atom stereocenters. The molecule has 0 saturated carbocycles. The largest absolute Gasteiger partial charge is 0.370 e. The van der Waals surface area contributed by atoms with E-state index in [0.717, 1.165) is 25.8 Å². The van der Waals surface area contributed by atoms with E-state index < -0.39 is 10.0 Å². The molecule has 3 N–H and O–H groups in total. The number of piperidine rings is 1. The van der Waals surface area contributed by atoms with Gasteiger partial charge in [-0.3, -0.25) is 4.99 Å². The maximum Gasteiger partial charge on any atom is 0.243 e. The van der Waals surface area contributed by atoms with Gasteiger partial charge in [-0.05, 0) is 37.3 Å². The number of guanidine groups is 1. The van der Waals surface area contributed by atoms with Crippen LogP contribution < -0.4 is 11.1 Å². The molecule has 8 heteroatoms. The lowest BCUT2D eigenvalue weighted by Crippen LogP contribution is -2.39. The third kappa shape index (κ3) is 5.89. The Hall–Kier alpha value is -0.870. The highest BCUT2D eigenvalue weighted by molar-refractivity contribution is 14.0. The number of nitrogens with one attached hydrogen (secondary N) is 1. The van der Waals surface area contributed by atoms with Gasteiger partial charge in [-0.25, -0.2) is 8.42 Å². The highest BCUT2D eigenvalue weighted by Crippen LogP contribution is 2.23. The van der Waals surface area contributed by atoms with Crippen LogP contribution in [0.4, 0.5) is 0 Å². The highest BCUT2D eigenvalue weighted by Gasteiger charge is 2.29. The van der Waals surface area contributed by atoms with Crippen molar-refractivity contribution in [1.82, 2.24) is 9.62 Å². The Bertz CT molecular complexity index is 614. The fourth-order valence-electron chi connectivity index (χ4n) is 2.61. The molecule has 2 rings (SSSR count). The predicted octanol–water partition coefficient (Wildman–Crippen LogP) is 2.02. The molecule has 0 spiro atoms. The van der Waals surface area contributed by atoms with Crippen LogP contribution in [0, 0.1) is 5.92 Å². The van der Waals surface area contributed by atoms with E-state index in [2.05, 4.69) is 17.2 Å². The Balaban J connectivity index is 0.00000288. The minimum atomic E-state index is -3.37. The molecule has 6 nitrogen and oxygen atoms in total. The number of nitrogens with zero attached hydrogens (tertiary/aromatic N) is 2. The number of hydrogen-bond donors (Lipinski definition) is 2. The van der Waals surface area contributed by atoms with Gasteiger partial charge in [0.15, 0.2) is 5.96 Å². The Kier molecular flexibility index (Phi) is 8.99. The van der Waals surface area contributed by atoms with Gasteiger partial charge in [-0.15, -0.1) is 24.0 Å². The Labute approximate surface area is 162 Å². The molecule has 1 fully saturated rings. The van der Waals surface area contributed by atoms with Crippen LogP contribution in [0.15, 0.2) is 40.2 Å². The van der Waals surface area contributed by atoms with E-state index in [-0.39, 0.29) is 24.0 Å². The summed E-state index contributed by atoms with van der Waals surface area (Å²) in [7, 11) is -3.37. The second-order valence-electron chi connectivity index (χ2n) is 5.81. The molecule has 24 heavy (non-hydrogen) atoms. The minimum Gasteiger partial charge on any atom is -0.370 e. The zero-order chi connectivity index (χ0) is 16.7. The molecular formula is C16H27IN4O2S. The van der Waals surface area contributed by atoms with Crippen LogP contribution in [0.2, 0.25) is 0 Å². The fraction of sp³-hybridized carbons (Fsp3) is 0.562. The van der Waals surface area contributed by atoms with Gasteiger partial charge in [-0.1, -0.05) is 25.1 Å². The summed E-state index contributed by atoms with van der Waals surface area (Å²) in [6, 6.07) is 8.61. The number of halogens is 1. The molecule has 1 heterocycles. The Morgan fingerprint density at radius 1 is 1.29 bits per heavy atom. The Morgan fingerprint density at radius 2 is 1.92 bits per heavy atom. The maximum absolute atomic E-state index is 12.5. The number of hydrogen-bond acceptors (Lipinski definition) is 3. The number of aliphatic imine (C=N–C) groups is 1. The van der Waals surface area contributed by atoms with Gasteiger partial charge in [0, 0.05) is 26.2 Å². The lowest BCUT2D eigenvalue weighted by molar-refractivity contribution is 0.279. The molecule has 1 aliphatic rings. The number of rotatable bonds is 6. The van der Waals surface area contributed by atoms with Gasteiger partial charge in [-0.2, -0.15) is 4.31 Å². The zero-order valence-corrected chi connectivity index (χ0v) is 17.2. The van der Waals surface area contributed by atoms with Gasteiger partial charge in [0.25, 0.3) is 0 Å². The van der Waals surface area contributed by atoms with Gasteiger partial charge in [0.1, 0.15) is 0 Å². The number of nitrogens with two attached hydrogens (primary N) is 1. The SMILES string of the molecule is CCCNC(N)=NCC1CCN(S(=O)(=O)c2ccccc2)CC1.I. The van der Waals surface area contributed by atoms with Gasteiger partial charge in [0.2, 0.25) is 10.0 Å². The highest BCUT2D eigenvalue weighted by atomic mass is 127. The molecule has 1 aliphatic heterocycles. The minimum absolute atomic E-state index is 0. The van der Waals surface area contributed by atoms with Crippen molar-refractivity contribution in [3.63, 3.8) is 0 Å². The van der Waals surface area contributed by atoms with Crippen molar-refractivity contribution in [2.24, 2.45) is 16.6 Å². The summed E-state index contributed by atoms with van der Waals surface area (Å²) in [5.74, 6) is 0.866. The third-order valence-corrected chi connectivity index (χ3v) is 5.94. The normalized spacial score (nSPS) is 17.3. The van der Waals surface area contributed by atoms with Crippen molar-refractivity contribution in [2.75, 3.05) is 26.2 Å². The molecule has 1 saturated heterocycles. The summed E-state index contributed by atoms with van der Waals surface area (Å²) in [5.41, 5.74) is 5.78. The topological polar surface area (TPSA) is 87.8 Å². The average molecular weight is 466 g/mol. The molecule has 136 valence electrons. The summed E-state index contributed by atoms with van der Waals surface area (Å²) in [5, 5.41) is 3.05. The van der Waals surface area contributed by atoms with E-state index in [0.29, 0.717) is 36.4 Å². The zero-order valence-electron chi connectivity index (χ0n) is 14.0. The first-order chi connectivity index (χ1) is 11.0. The summed E-state index contributed by atoms with van der Waals surface area (Å²) in [6.45, 7) is 4.63.